The summed E-state index contributed by atoms with van der Waals surface area (Å²) in [5, 5.41) is 0.431. The summed E-state index contributed by atoms with van der Waals surface area (Å²) >= 11 is 10.2. The molecule has 4 nitrogen and oxygen atoms in total. The SMILES string of the molecule is CN(C)CCCN(C)S(=O)(=O)c1cc(Cl)c(Br)s1. The fraction of sp³-hybridized carbons (Fsp3) is 0.600. The Kier molecular flexibility index (Phi) is 6.08. The van der Waals surface area contributed by atoms with E-state index in [0.29, 0.717) is 15.4 Å². The Balaban J connectivity index is 2.74. The molecule has 0 spiro atoms. The van der Waals surface area contributed by atoms with Crippen LogP contribution in [0.2, 0.25) is 5.02 Å². The van der Waals surface area contributed by atoms with Crippen LogP contribution in [0.1, 0.15) is 6.42 Å². The predicted molar refractivity (Wildman–Crippen MR) is 80.0 cm³/mol. The van der Waals surface area contributed by atoms with Crippen LogP contribution in [0.5, 0.6) is 0 Å². The van der Waals surface area contributed by atoms with E-state index < -0.39 is 10.0 Å². The molecule has 0 aliphatic heterocycles. The van der Waals surface area contributed by atoms with Crippen molar-refractivity contribution in [3.63, 3.8) is 0 Å². The first kappa shape index (κ1) is 16.4. The summed E-state index contributed by atoms with van der Waals surface area (Å²) in [5.74, 6) is 0. The summed E-state index contributed by atoms with van der Waals surface area (Å²) in [6.07, 6.45) is 0.795. The normalized spacial score (nSPS) is 12.6. The molecular formula is C10H16BrClN2O2S2. The van der Waals surface area contributed by atoms with E-state index in [1.165, 1.54) is 10.4 Å². The van der Waals surface area contributed by atoms with Crippen molar-refractivity contribution >= 4 is 48.9 Å². The molecule has 0 N–H and O–H groups in total. The van der Waals surface area contributed by atoms with Gasteiger partial charge < -0.3 is 4.90 Å². The molecule has 1 aromatic rings. The zero-order valence-corrected chi connectivity index (χ0v) is 14.5. The van der Waals surface area contributed by atoms with Gasteiger partial charge in [0.1, 0.15) is 4.21 Å². The Hall–Kier alpha value is 0.340. The first-order valence-electron chi connectivity index (χ1n) is 5.31. The minimum absolute atomic E-state index is 0.270. The number of nitrogens with zero attached hydrogens (tertiary/aromatic N) is 2. The maximum Gasteiger partial charge on any atom is 0.252 e. The van der Waals surface area contributed by atoms with Crippen LogP contribution in [-0.2, 0) is 10.0 Å². The third kappa shape index (κ3) is 4.18. The fourth-order valence-electron chi connectivity index (χ4n) is 1.34. The highest BCUT2D eigenvalue weighted by molar-refractivity contribution is 9.11. The molecule has 0 amide bonds. The second-order valence-electron chi connectivity index (χ2n) is 4.17. The molecule has 0 unspecified atom stereocenters. The van der Waals surface area contributed by atoms with Gasteiger partial charge in [-0.3, -0.25) is 0 Å². The topological polar surface area (TPSA) is 40.6 Å². The zero-order valence-electron chi connectivity index (χ0n) is 10.5. The summed E-state index contributed by atoms with van der Waals surface area (Å²) in [7, 11) is 2.10. The molecule has 0 radical (unpaired) electrons. The van der Waals surface area contributed by atoms with Gasteiger partial charge in [0.25, 0.3) is 10.0 Å². The fourth-order valence-corrected chi connectivity index (χ4v) is 5.16. The Morgan fingerprint density at radius 1 is 1.33 bits per heavy atom. The van der Waals surface area contributed by atoms with Crippen molar-refractivity contribution in [1.29, 1.82) is 0 Å². The van der Waals surface area contributed by atoms with E-state index >= 15 is 0 Å². The van der Waals surface area contributed by atoms with Gasteiger partial charge in [-0.05, 0) is 49.1 Å². The van der Waals surface area contributed by atoms with E-state index in [1.54, 1.807) is 7.05 Å². The van der Waals surface area contributed by atoms with Crippen LogP contribution in [0.15, 0.2) is 14.1 Å². The van der Waals surface area contributed by atoms with Gasteiger partial charge in [-0.25, -0.2) is 12.7 Å². The van der Waals surface area contributed by atoms with Crippen molar-refractivity contribution in [3.8, 4) is 0 Å². The summed E-state index contributed by atoms with van der Waals surface area (Å²) in [6, 6.07) is 1.48. The second-order valence-corrected chi connectivity index (χ2v) is 9.22. The van der Waals surface area contributed by atoms with E-state index in [1.807, 2.05) is 19.0 Å². The van der Waals surface area contributed by atoms with Crippen LogP contribution in [0, 0.1) is 0 Å². The van der Waals surface area contributed by atoms with Gasteiger partial charge in [-0.15, -0.1) is 11.3 Å². The van der Waals surface area contributed by atoms with Crippen molar-refractivity contribution in [1.82, 2.24) is 9.21 Å². The molecule has 0 aliphatic carbocycles. The summed E-state index contributed by atoms with van der Waals surface area (Å²) in [4.78, 5) is 2.03. The van der Waals surface area contributed by atoms with Crippen LogP contribution in [0.3, 0.4) is 0 Å². The molecule has 104 valence electrons. The van der Waals surface area contributed by atoms with Crippen molar-refractivity contribution in [2.75, 3.05) is 34.2 Å². The molecule has 1 heterocycles. The van der Waals surface area contributed by atoms with Gasteiger partial charge >= 0.3 is 0 Å². The molecule has 0 bridgehead atoms. The standard InChI is InChI=1S/C10H16BrClN2O2S2/c1-13(2)5-4-6-14(3)18(15,16)9-7-8(12)10(11)17-9/h7H,4-6H2,1-3H3. The predicted octanol–water partition coefficient (Wildman–Crippen LogP) is 2.74. The Labute approximate surface area is 126 Å². The lowest BCUT2D eigenvalue weighted by Crippen LogP contribution is -2.29. The van der Waals surface area contributed by atoms with Crippen molar-refractivity contribution < 1.29 is 8.42 Å². The van der Waals surface area contributed by atoms with Crippen LogP contribution in [0.25, 0.3) is 0 Å². The molecule has 8 heteroatoms. The molecule has 0 aromatic carbocycles. The number of thiophene rings is 1. The Morgan fingerprint density at radius 3 is 2.39 bits per heavy atom. The van der Waals surface area contributed by atoms with Gasteiger partial charge in [-0.2, -0.15) is 0 Å². The highest BCUT2D eigenvalue weighted by atomic mass is 79.9. The van der Waals surface area contributed by atoms with Gasteiger partial charge in [0, 0.05) is 13.6 Å². The highest BCUT2D eigenvalue weighted by Gasteiger charge is 2.23. The lowest BCUT2D eigenvalue weighted by Gasteiger charge is -2.17. The lowest BCUT2D eigenvalue weighted by molar-refractivity contribution is 0.370. The first-order chi connectivity index (χ1) is 8.25. The van der Waals surface area contributed by atoms with Crippen LogP contribution in [0.4, 0.5) is 0 Å². The third-order valence-electron chi connectivity index (χ3n) is 2.37. The van der Waals surface area contributed by atoms with Gasteiger partial charge in [0.2, 0.25) is 0 Å². The van der Waals surface area contributed by atoms with E-state index in [2.05, 4.69) is 15.9 Å². The smallest absolute Gasteiger partial charge is 0.252 e. The van der Waals surface area contributed by atoms with Gasteiger partial charge in [0.05, 0.1) is 8.81 Å². The number of sulfonamides is 1. The Morgan fingerprint density at radius 2 is 1.94 bits per heavy atom. The minimum atomic E-state index is -3.42. The molecule has 0 atom stereocenters. The molecular weight excluding hydrogens is 360 g/mol. The number of halogens is 2. The van der Waals surface area contributed by atoms with Crippen molar-refractivity contribution in [2.24, 2.45) is 0 Å². The first-order valence-corrected chi connectivity index (χ1v) is 8.74. The third-order valence-corrected chi connectivity index (χ3v) is 7.15. The number of hydrogen-bond donors (Lipinski definition) is 0. The maximum atomic E-state index is 12.2. The molecule has 0 aliphatic rings. The van der Waals surface area contributed by atoms with Crippen molar-refractivity contribution in [3.05, 3.63) is 14.9 Å². The Bertz CT molecular complexity index is 482. The lowest BCUT2D eigenvalue weighted by atomic mass is 10.4. The largest absolute Gasteiger partial charge is 0.309 e. The van der Waals surface area contributed by atoms with Crippen LogP contribution < -0.4 is 0 Å². The van der Waals surface area contributed by atoms with Gasteiger partial charge in [0.15, 0.2) is 0 Å². The zero-order chi connectivity index (χ0) is 13.9. The molecule has 1 rings (SSSR count). The molecule has 0 saturated heterocycles. The quantitative estimate of drug-likeness (QED) is 0.767. The summed E-state index contributed by atoms with van der Waals surface area (Å²) in [5.41, 5.74) is 0. The second kappa shape index (κ2) is 6.67. The highest BCUT2D eigenvalue weighted by Crippen LogP contribution is 2.35. The summed E-state index contributed by atoms with van der Waals surface area (Å²) in [6.45, 7) is 1.35. The summed E-state index contributed by atoms with van der Waals surface area (Å²) < 4.78 is 26.7. The molecule has 0 saturated carbocycles. The number of rotatable bonds is 6. The average Bonchev–Trinajstić information content (AvgIpc) is 2.59. The monoisotopic (exact) mass is 374 g/mol. The van der Waals surface area contributed by atoms with E-state index in [-0.39, 0.29) is 4.21 Å². The van der Waals surface area contributed by atoms with Crippen LogP contribution in [-0.4, -0.2) is 51.9 Å². The average molecular weight is 376 g/mol. The van der Waals surface area contributed by atoms with Crippen LogP contribution >= 0.6 is 38.9 Å². The maximum absolute atomic E-state index is 12.2. The van der Waals surface area contributed by atoms with Gasteiger partial charge in [-0.1, -0.05) is 11.6 Å². The minimum Gasteiger partial charge on any atom is -0.309 e. The molecule has 1 aromatic heterocycles. The van der Waals surface area contributed by atoms with E-state index in [4.69, 9.17) is 11.6 Å². The van der Waals surface area contributed by atoms with Crippen molar-refractivity contribution in [2.45, 2.75) is 10.6 Å². The molecule has 0 fully saturated rings. The van der Waals surface area contributed by atoms with E-state index in [9.17, 15) is 8.42 Å². The van der Waals surface area contributed by atoms with E-state index in [0.717, 1.165) is 24.3 Å². The molecule has 18 heavy (non-hydrogen) atoms. The number of hydrogen-bond acceptors (Lipinski definition) is 4.